The molecule has 3 aromatic rings. The number of carbonyl (C=O) groups excluding carboxylic acids is 2. The van der Waals surface area contributed by atoms with Crippen molar-refractivity contribution >= 4 is 22.6 Å². The van der Waals surface area contributed by atoms with Crippen LogP contribution in [0.25, 0.3) is 22.0 Å². The van der Waals surface area contributed by atoms with E-state index >= 15 is 0 Å². The molecule has 0 spiro atoms. The van der Waals surface area contributed by atoms with Gasteiger partial charge in [-0.25, -0.2) is 4.79 Å². The van der Waals surface area contributed by atoms with Crippen LogP contribution in [-0.2, 0) is 11.3 Å². The predicted molar refractivity (Wildman–Crippen MR) is 141 cm³/mol. The van der Waals surface area contributed by atoms with Crippen LogP contribution in [0.4, 0.5) is 4.79 Å². The Morgan fingerprint density at radius 3 is 2.33 bits per heavy atom. The maximum absolute atomic E-state index is 14.0. The molecule has 1 fully saturated rings. The topological polar surface area (TPSA) is 109 Å². The highest BCUT2D eigenvalue weighted by molar-refractivity contribution is 6.27. The normalized spacial score (nSPS) is 15.8. The van der Waals surface area contributed by atoms with Gasteiger partial charge < -0.3 is 33.2 Å². The third kappa shape index (κ3) is 4.27. The van der Waals surface area contributed by atoms with Crippen molar-refractivity contribution in [3.63, 3.8) is 0 Å². The molecule has 0 atom stereocenters. The third-order valence-corrected chi connectivity index (χ3v) is 7.32. The number of pyridine rings is 1. The van der Waals surface area contributed by atoms with Gasteiger partial charge >= 0.3 is 6.09 Å². The molecule has 0 radical (unpaired) electrons. The van der Waals surface area contributed by atoms with E-state index in [4.69, 9.17) is 23.7 Å². The molecule has 1 amide bonds. The second-order valence-corrected chi connectivity index (χ2v) is 9.88. The molecule has 0 bridgehead atoms. The largest absolute Gasteiger partial charge is 0.493 e. The molecule has 3 aliphatic rings. The molecule has 2 aliphatic heterocycles. The Balaban J connectivity index is 1.52. The molecular weight excluding hydrogens is 506 g/mol. The Kier molecular flexibility index (Phi) is 6.40. The standard InChI is InChI=1S/C28H29N3O8/c1-29(2)28(34)39-23-11-16-19(14-20(23)35-3)27(33)31(6-4-5-30-7-9-36-10-8-30)25-17-12-21-22(38-15-37-21)13-18(17)26(32)24(16)25/h11-14H,4-10,15H2,1-3H3. The highest BCUT2D eigenvalue weighted by Crippen LogP contribution is 2.47. The summed E-state index contributed by atoms with van der Waals surface area (Å²) >= 11 is 0. The monoisotopic (exact) mass is 535 g/mol. The number of morpholine rings is 1. The number of fused-ring (bicyclic) bond motifs is 6. The maximum Gasteiger partial charge on any atom is 0.414 e. The zero-order valence-electron chi connectivity index (χ0n) is 22.1. The molecule has 0 unspecified atom stereocenters. The lowest BCUT2D eigenvalue weighted by Crippen LogP contribution is -2.37. The average Bonchev–Trinajstić information content (AvgIpc) is 3.51. The first-order chi connectivity index (χ1) is 18.9. The Morgan fingerprint density at radius 2 is 1.64 bits per heavy atom. The van der Waals surface area contributed by atoms with Gasteiger partial charge in [-0.05, 0) is 30.7 Å². The van der Waals surface area contributed by atoms with Crippen LogP contribution >= 0.6 is 0 Å². The summed E-state index contributed by atoms with van der Waals surface area (Å²) in [5.41, 5.74) is 1.70. The lowest BCUT2D eigenvalue weighted by atomic mass is 10.0. The quantitative estimate of drug-likeness (QED) is 0.368. The molecule has 11 nitrogen and oxygen atoms in total. The number of hydrogen-bond donors (Lipinski definition) is 0. The van der Waals surface area contributed by atoms with Crippen molar-refractivity contribution in [1.29, 1.82) is 0 Å². The first-order valence-corrected chi connectivity index (χ1v) is 12.8. The molecular formula is C28H29N3O8. The highest BCUT2D eigenvalue weighted by atomic mass is 16.7. The second kappa shape index (κ2) is 9.90. The Bertz CT molecular complexity index is 1560. The molecule has 204 valence electrons. The molecule has 0 saturated carbocycles. The van der Waals surface area contributed by atoms with Crippen LogP contribution in [0, 0.1) is 0 Å². The fourth-order valence-corrected chi connectivity index (χ4v) is 5.34. The summed E-state index contributed by atoms with van der Waals surface area (Å²) in [4.78, 5) is 43.9. The number of ether oxygens (including phenoxy) is 5. The van der Waals surface area contributed by atoms with Crippen LogP contribution < -0.4 is 24.5 Å². The van der Waals surface area contributed by atoms with Gasteiger partial charge in [-0.15, -0.1) is 0 Å². The van der Waals surface area contributed by atoms with Crippen molar-refractivity contribution in [2.45, 2.75) is 13.0 Å². The van der Waals surface area contributed by atoms with Gasteiger partial charge in [0.1, 0.15) is 0 Å². The van der Waals surface area contributed by atoms with Crippen LogP contribution in [-0.4, -0.2) is 87.1 Å². The van der Waals surface area contributed by atoms with Crippen LogP contribution in [0.2, 0.25) is 0 Å². The van der Waals surface area contributed by atoms with Crippen molar-refractivity contribution in [2.24, 2.45) is 0 Å². The number of ketones is 1. The Hall–Kier alpha value is -4.09. The minimum Gasteiger partial charge on any atom is -0.493 e. The summed E-state index contributed by atoms with van der Waals surface area (Å²) < 4.78 is 29.2. The average molecular weight is 536 g/mol. The van der Waals surface area contributed by atoms with E-state index in [2.05, 4.69) is 4.90 Å². The molecule has 1 saturated heterocycles. The molecule has 6 rings (SSSR count). The predicted octanol–water partition coefficient (Wildman–Crippen LogP) is 2.73. The van der Waals surface area contributed by atoms with E-state index < -0.39 is 6.09 Å². The van der Waals surface area contributed by atoms with E-state index in [1.54, 1.807) is 36.9 Å². The van der Waals surface area contributed by atoms with Crippen molar-refractivity contribution in [3.05, 3.63) is 45.7 Å². The number of carbonyl (C=O) groups is 2. The van der Waals surface area contributed by atoms with E-state index in [0.29, 0.717) is 70.8 Å². The third-order valence-electron chi connectivity index (χ3n) is 7.32. The first kappa shape index (κ1) is 25.2. The molecule has 11 heteroatoms. The summed E-state index contributed by atoms with van der Waals surface area (Å²) in [6, 6.07) is 6.52. The van der Waals surface area contributed by atoms with E-state index in [-0.39, 0.29) is 29.6 Å². The fourth-order valence-electron chi connectivity index (χ4n) is 5.34. The molecule has 0 N–H and O–H groups in total. The minimum absolute atomic E-state index is 0.0732. The molecule has 3 heterocycles. The molecule has 1 aliphatic carbocycles. The zero-order valence-corrected chi connectivity index (χ0v) is 22.1. The Morgan fingerprint density at radius 1 is 0.949 bits per heavy atom. The zero-order chi connectivity index (χ0) is 27.3. The van der Waals surface area contributed by atoms with Gasteiger partial charge in [-0.2, -0.15) is 0 Å². The first-order valence-electron chi connectivity index (χ1n) is 12.8. The summed E-state index contributed by atoms with van der Waals surface area (Å²) in [5, 5.41) is 0.702. The van der Waals surface area contributed by atoms with Gasteiger partial charge in [-0.1, -0.05) is 0 Å². The number of methoxy groups -OCH3 is 1. The van der Waals surface area contributed by atoms with Crippen LogP contribution in [0.3, 0.4) is 0 Å². The molecule has 1 aromatic heterocycles. The molecule has 2 aromatic carbocycles. The summed E-state index contributed by atoms with van der Waals surface area (Å²) in [6.45, 7) is 4.37. The minimum atomic E-state index is -0.610. The number of amides is 1. The lowest BCUT2D eigenvalue weighted by molar-refractivity contribution is 0.0369. The van der Waals surface area contributed by atoms with Crippen LogP contribution in [0.15, 0.2) is 29.1 Å². The number of aromatic nitrogens is 1. The maximum atomic E-state index is 14.0. The summed E-state index contributed by atoms with van der Waals surface area (Å²) in [6.07, 6.45) is 0.0998. The number of hydrogen-bond acceptors (Lipinski definition) is 9. The SMILES string of the molecule is COc1cc2c(=O)n(CCCN3CCOCC3)c3c(c2cc1OC(=O)N(C)C)C(=O)c1cc2c(cc1-3)OCO2. The summed E-state index contributed by atoms with van der Waals surface area (Å²) in [5.74, 6) is 1.12. The van der Waals surface area contributed by atoms with Crippen molar-refractivity contribution < 1.29 is 33.3 Å². The highest BCUT2D eigenvalue weighted by Gasteiger charge is 2.36. The smallest absolute Gasteiger partial charge is 0.414 e. The van der Waals surface area contributed by atoms with Gasteiger partial charge in [0.2, 0.25) is 6.79 Å². The van der Waals surface area contributed by atoms with Crippen molar-refractivity contribution in [2.75, 3.05) is 60.8 Å². The van der Waals surface area contributed by atoms with Gasteiger partial charge in [0.05, 0.1) is 37.0 Å². The van der Waals surface area contributed by atoms with Gasteiger partial charge in [0.15, 0.2) is 28.8 Å². The van der Waals surface area contributed by atoms with Crippen molar-refractivity contribution in [3.8, 4) is 34.3 Å². The number of nitrogens with zero attached hydrogens (tertiary/aromatic N) is 3. The second-order valence-electron chi connectivity index (χ2n) is 9.88. The Labute approximate surface area is 224 Å². The van der Waals surface area contributed by atoms with E-state index in [9.17, 15) is 14.4 Å². The van der Waals surface area contributed by atoms with E-state index in [1.807, 2.05) is 0 Å². The van der Waals surface area contributed by atoms with Crippen LogP contribution in [0.1, 0.15) is 22.3 Å². The summed E-state index contributed by atoms with van der Waals surface area (Å²) in [7, 11) is 4.56. The van der Waals surface area contributed by atoms with Gasteiger partial charge in [0.25, 0.3) is 5.56 Å². The lowest BCUT2D eigenvalue weighted by Gasteiger charge is -2.26. The van der Waals surface area contributed by atoms with E-state index in [1.165, 1.54) is 18.1 Å². The number of benzene rings is 2. The van der Waals surface area contributed by atoms with Crippen molar-refractivity contribution in [1.82, 2.24) is 14.4 Å². The van der Waals surface area contributed by atoms with Crippen LogP contribution in [0.5, 0.6) is 23.0 Å². The van der Waals surface area contributed by atoms with Gasteiger partial charge in [0, 0.05) is 56.8 Å². The fraction of sp³-hybridized carbons (Fsp3) is 0.393. The van der Waals surface area contributed by atoms with E-state index in [0.717, 1.165) is 19.6 Å². The molecule has 39 heavy (non-hydrogen) atoms. The van der Waals surface area contributed by atoms with Gasteiger partial charge in [-0.3, -0.25) is 14.5 Å². The number of rotatable bonds is 6.